The molecule has 27 heavy (non-hydrogen) atoms. The van der Waals surface area contributed by atoms with Gasteiger partial charge in [-0.3, -0.25) is 9.69 Å². The first-order valence-corrected chi connectivity index (χ1v) is 9.62. The Morgan fingerprint density at radius 2 is 1.78 bits per heavy atom. The van der Waals surface area contributed by atoms with Crippen LogP contribution in [0.15, 0.2) is 30.3 Å². The van der Waals surface area contributed by atoms with Crippen LogP contribution in [0.4, 0.5) is 10.1 Å². The van der Waals surface area contributed by atoms with Crippen molar-refractivity contribution in [1.82, 2.24) is 4.90 Å². The maximum Gasteiger partial charge on any atom is 0.159 e. The fraction of sp³-hybridized carbons (Fsp3) is 0.409. The van der Waals surface area contributed by atoms with Crippen LogP contribution < -0.4 is 4.90 Å². The van der Waals surface area contributed by atoms with Crippen molar-refractivity contribution >= 4 is 11.5 Å². The van der Waals surface area contributed by atoms with Crippen LogP contribution in [-0.4, -0.2) is 42.0 Å². The predicted molar refractivity (Wildman–Crippen MR) is 104 cm³/mol. The summed E-state index contributed by atoms with van der Waals surface area (Å²) in [4.78, 5) is 15.7. The van der Waals surface area contributed by atoms with E-state index < -0.39 is 0 Å². The molecule has 2 aromatic rings. The third-order valence-electron chi connectivity index (χ3n) is 5.75. The average molecular weight is 368 g/mol. The van der Waals surface area contributed by atoms with E-state index in [0.717, 1.165) is 51.1 Å². The summed E-state index contributed by atoms with van der Waals surface area (Å²) in [5, 5.41) is 10.3. The number of ketones is 1. The monoisotopic (exact) mass is 368 g/mol. The number of aromatic hydroxyl groups is 1. The molecule has 0 aromatic heterocycles. The number of anilines is 1. The predicted octanol–water partition coefficient (Wildman–Crippen LogP) is 3.54. The molecule has 142 valence electrons. The minimum Gasteiger partial charge on any atom is -0.508 e. The van der Waals surface area contributed by atoms with E-state index in [0.29, 0.717) is 17.0 Å². The van der Waals surface area contributed by atoms with E-state index in [4.69, 9.17) is 0 Å². The highest BCUT2D eigenvalue weighted by Crippen LogP contribution is 2.30. The highest BCUT2D eigenvalue weighted by molar-refractivity contribution is 5.94. The van der Waals surface area contributed by atoms with Gasteiger partial charge in [0.15, 0.2) is 5.78 Å². The molecule has 1 aliphatic carbocycles. The molecule has 0 radical (unpaired) electrons. The summed E-state index contributed by atoms with van der Waals surface area (Å²) in [6, 6.07) is 8.81. The SMILES string of the molecule is CC(=O)c1ccc(N2CCN(Cc3cc4c(cc3O)CCC4)CC2)c(F)c1. The molecule has 0 atom stereocenters. The maximum absolute atomic E-state index is 14.4. The summed E-state index contributed by atoms with van der Waals surface area (Å²) < 4.78 is 14.4. The van der Waals surface area contributed by atoms with Gasteiger partial charge in [0.05, 0.1) is 5.69 Å². The number of halogens is 1. The number of phenols is 1. The van der Waals surface area contributed by atoms with Gasteiger partial charge in [-0.25, -0.2) is 4.39 Å². The quantitative estimate of drug-likeness (QED) is 0.839. The molecule has 4 nitrogen and oxygen atoms in total. The fourth-order valence-electron chi connectivity index (χ4n) is 4.16. The summed E-state index contributed by atoms with van der Waals surface area (Å²) >= 11 is 0. The molecule has 0 amide bonds. The molecule has 0 saturated carbocycles. The second-order valence-electron chi connectivity index (χ2n) is 7.59. The van der Waals surface area contributed by atoms with Gasteiger partial charge in [-0.15, -0.1) is 0 Å². The zero-order valence-corrected chi connectivity index (χ0v) is 15.7. The molecule has 1 aliphatic heterocycles. The molecule has 1 saturated heterocycles. The van der Waals surface area contributed by atoms with Crippen LogP contribution in [0.1, 0.15) is 40.4 Å². The van der Waals surface area contributed by atoms with Crippen molar-refractivity contribution in [3.05, 3.63) is 58.4 Å². The smallest absolute Gasteiger partial charge is 0.159 e. The lowest BCUT2D eigenvalue weighted by Gasteiger charge is -2.36. The fourth-order valence-corrected chi connectivity index (χ4v) is 4.16. The molecule has 0 unspecified atom stereocenters. The summed E-state index contributed by atoms with van der Waals surface area (Å²) in [6.07, 6.45) is 3.34. The lowest BCUT2D eigenvalue weighted by molar-refractivity contribution is 0.101. The lowest BCUT2D eigenvalue weighted by atomic mass is 10.0. The van der Waals surface area contributed by atoms with Crippen LogP contribution in [0.25, 0.3) is 0 Å². The van der Waals surface area contributed by atoms with Crippen LogP contribution in [0.5, 0.6) is 5.75 Å². The molecule has 4 rings (SSSR count). The average Bonchev–Trinajstić information content (AvgIpc) is 3.09. The van der Waals surface area contributed by atoms with Gasteiger partial charge in [-0.2, -0.15) is 0 Å². The standard InChI is InChI=1S/C22H25FN2O2/c1-15(26)16-5-6-21(20(23)12-16)25-9-7-24(8-10-25)14-19-11-17-3-2-4-18(17)13-22(19)27/h5-6,11-13,27H,2-4,7-10,14H2,1H3. The van der Waals surface area contributed by atoms with Crippen molar-refractivity contribution in [2.24, 2.45) is 0 Å². The molecule has 0 spiro atoms. The second-order valence-corrected chi connectivity index (χ2v) is 7.59. The number of benzene rings is 2. The highest BCUT2D eigenvalue weighted by atomic mass is 19.1. The van der Waals surface area contributed by atoms with Crippen molar-refractivity contribution in [3.63, 3.8) is 0 Å². The third kappa shape index (κ3) is 3.69. The van der Waals surface area contributed by atoms with E-state index in [1.807, 2.05) is 11.0 Å². The van der Waals surface area contributed by atoms with Crippen molar-refractivity contribution in [2.75, 3.05) is 31.1 Å². The molecule has 0 bridgehead atoms. The molecule has 1 heterocycles. The summed E-state index contributed by atoms with van der Waals surface area (Å²) in [5.41, 5.74) is 4.60. The number of piperazine rings is 1. The number of carbonyl (C=O) groups excluding carboxylic acids is 1. The van der Waals surface area contributed by atoms with E-state index in [2.05, 4.69) is 11.0 Å². The van der Waals surface area contributed by atoms with E-state index in [1.54, 1.807) is 12.1 Å². The Balaban J connectivity index is 1.40. The van der Waals surface area contributed by atoms with Crippen LogP contribution in [0.3, 0.4) is 0 Å². The number of aryl methyl sites for hydroxylation is 2. The number of hydrogen-bond donors (Lipinski definition) is 1. The first kappa shape index (κ1) is 18.0. The Kier molecular flexibility index (Phi) is 4.87. The Morgan fingerprint density at radius 1 is 1.07 bits per heavy atom. The van der Waals surface area contributed by atoms with E-state index in [9.17, 15) is 14.3 Å². The Morgan fingerprint density at radius 3 is 2.44 bits per heavy atom. The lowest BCUT2D eigenvalue weighted by Crippen LogP contribution is -2.46. The highest BCUT2D eigenvalue weighted by Gasteiger charge is 2.22. The van der Waals surface area contributed by atoms with E-state index >= 15 is 0 Å². The third-order valence-corrected chi connectivity index (χ3v) is 5.75. The van der Waals surface area contributed by atoms with E-state index in [-0.39, 0.29) is 11.6 Å². The Labute approximate surface area is 159 Å². The van der Waals surface area contributed by atoms with Gasteiger partial charge in [0.1, 0.15) is 11.6 Å². The van der Waals surface area contributed by atoms with Crippen LogP contribution >= 0.6 is 0 Å². The van der Waals surface area contributed by atoms with Crippen molar-refractivity contribution in [3.8, 4) is 5.75 Å². The summed E-state index contributed by atoms with van der Waals surface area (Å²) in [7, 11) is 0. The number of carbonyl (C=O) groups is 1. The zero-order chi connectivity index (χ0) is 19.0. The molecule has 5 heteroatoms. The number of rotatable bonds is 4. The van der Waals surface area contributed by atoms with Crippen LogP contribution in [0.2, 0.25) is 0 Å². The summed E-state index contributed by atoms with van der Waals surface area (Å²) in [5.74, 6) is -0.0733. The van der Waals surface area contributed by atoms with Crippen molar-refractivity contribution in [1.29, 1.82) is 0 Å². The molecule has 1 fully saturated rings. The Hall–Kier alpha value is -2.40. The van der Waals surface area contributed by atoms with Crippen LogP contribution in [-0.2, 0) is 19.4 Å². The van der Waals surface area contributed by atoms with Gasteiger partial charge in [-0.05, 0) is 61.6 Å². The Bertz CT molecular complexity index is 873. The summed E-state index contributed by atoms with van der Waals surface area (Å²) in [6.45, 7) is 5.24. The largest absolute Gasteiger partial charge is 0.508 e. The molecule has 2 aliphatic rings. The van der Waals surface area contributed by atoms with E-state index in [1.165, 1.54) is 30.5 Å². The first-order chi connectivity index (χ1) is 13.0. The van der Waals surface area contributed by atoms with Crippen LogP contribution in [0, 0.1) is 5.82 Å². The van der Waals surface area contributed by atoms with Gasteiger partial charge in [-0.1, -0.05) is 6.07 Å². The molecular weight excluding hydrogens is 343 g/mol. The zero-order valence-electron chi connectivity index (χ0n) is 15.7. The van der Waals surface area contributed by atoms with Crippen molar-refractivity contribution in [2.45, 2.75) is 32.7 Å². The molecule has 1 N–H and O–H groups in total. The molecular formula is C22H25FN2O2. The normalized spacial score (nSPS) is 17.2. The molecule has 2 aromatic carbocycles. The maximum atomic E-state index is 14.4. The first-order valence-electron chi connectivity index (χ1n) is 9.62. The van der Waals surface area contributed by atoms with Gasteiger partial charge in [0, 0.05) is 43.9 Å². The van der Waals surface area contributed by atoms with Gasteiger partial charge < -0.3 is 10.0 Å². The minimum atomic E-state index is -0.340. The number of Topliss-reactive ketones (excluding diaryl/α,β-unsaturated/α-hetero) is 1. The van der Waals surface area contributed by atoms with Gasteiger partial charge in [0.25, 0.3) is 0 Å². The minimum absolute atomic E-state index is 0.126. The number of phenolic OH excluding ortho intramolecular Hbond substituents is 1. The van der Waals surface area contributed by atoms with Crippen molar-refractivity contribution < 1.29 is 14.3 Å². The number of hydrogen-bond acceptors (Lipinski definition) is 4. The van der Waals surface area contributed by atoms with Gasteiger partial charge >= 0.3 is 0 Å². The number of fused-ring (bicyclic) bond motifs is 1. The van der Waals surface area contributed by atoms with Gasteiger partial charge in [0.2, 0.25) is 0 Å². The second kappa shape index (κ2) is 7.31. The topological polar surface area (TPSA) is 43.8 Å². The number of nitrogens with zero attached hydrogens (tertiary/aromatic N) is 2.